The lowest BCUT2D eigenvalue weighted by molar-refractivity contribution is -0.124. The van der Waals surface area contributed by atoms with Crippen LogP contribution in [0.15, 0.2) is 24.3 Å². The van der Waals surface area contributed by atoms with E-state index in [2.05, 4.69) is 43.5 Å². The summed E-state index contributed by atoms with van der Waals surface area (Å²) in [5.74, 6) is -0.155. The molecular formula is C47H91NO4. The van der Waals surface area contributed by atoms with Gasteiger partial charge in [-0.1, -0.05) is 212 Å². The number of aliphatic hydroxyl groups excluding tert-OH is 3. The molecule has 0 aliphatic carbocycles. The first kappa shape index (κ1) is 50.8. The molecule has 0 saturated carbocycles. The van der Waals surface area contributed by atoms with Crippen LogP contribution < -0.4 is 5.32 Å². The molecule has 4 N–H and O–H groups in total. The molecule has 0 aliphatic rings. The Bertz CT molecular complexity index is 768. The highest BCUT2D eigenvalue weighted by atomic mass is 16.3. The molecule has 0 radical (unpaired) electrons. The monoisotopic (exact) mass is 734 g/mol. The summed E-state index contributed by atoms with van der Waals surface area (Å²) in [6.45, 7) is 4.16. The number of rotatable bonds is 42. The van der Waals surface area contributed by atoms with Crippen molar-refractivity contribution >= 4 is 5.91 Å². The molecule has 0 saturated heterocycles. The standard InChI is InChI=1S/C47H91NO4/c1-3-5-7-9-11-13-15-17-19-20-21-22-23-24-25-26-27-28-30-32-34-36-38-40-42-46(51)48-44(43-49)47(52)45(50)41-39-37-35-33-31-29-18-16-14-12-10-8-6-4-2/h16,18,33,35,44-45,47,49-50,52H,3-15,17,19-32,34,36-43H2,1-2H3,(H,48,51)/b18-16+,35-33+. The predicted octanol–water partition coefficient (Wildman–Crippen LogP) is 13.4. The Morgan fingerprint density at radius 3 is 1.17 bits per heavy atom. The van der Waals surface area contributed by atoms with Crippen LogP contribution in [0.2, 0.25) is 0 Å². The van der Waals surface area contributed by atoms with Crippen molar-refractivity contribution in [2.45, 2.75) is 263 Å². The number of unbranched alkanes of at least 4 members (excludes halogenated alkanes) is 30. The Hall–Kier alpha value is -1.17. The van der Waals surface area contributed by atoms with Crippen LogP contribution in [0.4, 0.5) is 0 Å². The van der Waals surface area contributed by atoms with Gasteiger partial charge in [-0.3, -0.25) is 4.79 Å². The summed E-state index contributed by atoms with van der Waals surface area (Å²) < 4.78 is 0. The number of nitrogens with one attached hydrogen (secondary N) is 1. The molecular weight excluding hydrogens is 643 g/mol. The van der Waals surface area contributed by atoms with Crippen LogP contribution in [0.1, 0.15) is 245 Å². The lowest BCUT2D eigenvalue weighted by Gasteiger charge is -2.26. The zero-order valence-electron chi connectivity index (χ0n) is 35.0. The van der Waals surface area contributed by atoms with Crippen LogP contribution >= 0.6 is 0 Å². The first-order valence-corrected chi connectivity index (χ1v) is 23.1. The minimum absolute atomic E-state index is 0.155. The van der Waals surface area contributed by atoms with Gasteiger partial charge < -0.3 is 20.6 Å². The highest BCUT2D eigenvalue weighted by molar-refractivity contribution is 5.76. The summed E-state index contributed by atoms with van der Waals surface area (Å²) in [5, 5.41) is 33.5. The first-order chi connectivity index (χ1) is 25.6. The van der Waals surface area contributed by atoms with Gasteiger partial charge in [0.05, 0.1) is 18.8 Å². The van der Waals surface area contributed by atoms with Gasteiger partial charge in [0, 0.05) is 6.42 Å². The first-order valence-electron chi connectivity index (χ1n) is 23.1. The third-order valence-electron chi connectivity index (χ3n) is 10.8. The molecule has 0 bridgehead atoms. The second kappa shape index (κ2) is 42.6. The van der Waals surface area contributed by atoms with E-state index in [1.54, 1.807) is 0 Å². The zero-order chi connectivity index (χ0) is 38.0. The minimum atomic E-state index is -1.16. The number of allylic oxidation sites excluding steroid dienone is 4. The average molecular weight is 734 g/mol. The quantitative estimate of drug-likeness (QED) is 0.0371. The van der Waals surface area contributed by atoms with Crippen molar-refractivity contribution in [1.82, 2.24) is 5.32 Å². The van der Waals surface area contributed by atoms with Crippen LogP contribution in [-0.2, 0) is 4.79 Å². The lowest BCUT2D eigenvalue weighted by Crippen LogP contribution is -2.50. The van der Waals surface area contributed by atoms with E-state index in [-0.39, 0.29) is 12.5 Å². The molecule has 0 spiro atoms. The van der Waals surface area contributed by atoms with Crippen LogP contribution in [0, 0.1) is 0 Å². The predicted molar refractivity (Wildman–Crippen MR) is 227 cm³/mol. The Balaban J connectivity index is 3.59. The summed E-state index contributed by atoms with van der Waals surface area (Å²) in [6, 6.07) is -0.828. The Morgan fingerprint density at radius 2 is 0.788 bits per heavy atom. The molecule has 1 amide bonds. The van der Waals surface area contributed by atoms with Gasteiger partial charge in [0.25, 0.3) is 0 Å². The molecule has 52 heavy (non-hydrogen) atoms. The summed E-state index contributed by atoms with van der Waals surface area (Å²) in [6.07, 6.45) is 51.6. The Morgan fingerprint density at radius 1 is 0.462 bits per heavy atom. The van der Waals surface area contributed by atoms with Crippen LogP contribution in [0.5, 0.6) is 0 Å². The van der Waals surface area contributed by atoms with Crippen molar-refractivity contribution in [2.24, 2.45) is 0 Å². The molecule has 3 unspecified atom stereocenters. The van der Waals surface area contributed by atoms with Crippen molar-refractivity contribution in [3.05, 3.63) is 24.3 Å². The van der Waals surface area contributed by atoms with Gasteiger partial charge >= 0.3 is 0 Å². The van der Waals surface area contributed by atoms with E-state index in [4.69, 9.17) is 0 Å². The van der Waals surface area contributed by atoms with E-state index < -0.39 is 18.2 Å². The molecule has 308 valence electrons. The summed E-state index contributed by atoms with van der Waals surface area (Å²) in [7, 11) is 0. The third-order valence-corrected chi connectivity index (χ3v) is 10.8. The third kappa shape index (κ3) is 37.2. The van der Waals surface area contributed by atoms with E-state index in [1.807, 2.05) is 0 Å². The number of hydrogen-bond donors (Lipinski definition) is 4. The van der Waals surface area contributed by atoms with Crippen LogP contribution in [-0.4, -0.2) is 46.1 Å². The number of carbonyl (C=O) groups is 1. The van der Waals surface area contributed by atoms with Gasteiger partial charge in [-0.25, -0.2) is 0 Å². The highest BCUT2D eigenvalue weighted by Crippen LogP contribution is 2.16. The average Bonchev–Trinajstić information content (AvgIpc) is 3.15. The largest absolute Gasteiger partial charge is 0.394 e. The van der Waals surface area contributed by atoms with Gasteiger partial charge in [-0.2, -0.15) is 0 Å². The van der Waals surface area contributed by atoms with Crippen molar-refractivity contribution in [2.75, 3.05) is 6.61 Å². The maximum Gasteiger partial charge on any atom is 0.220 e. The van der Waals surface area contributed by atoms with Crippen molar-refractivity contribution in [1.29, 1.82) is 0 Å². The summed E-state index contributed by atoms with van der Waals surface area (Å²) >= 11 is 0. The Labute approximate surface area is 324 Å². The number of amides is 1. The molecule has 0 aromatic rings. The summed E-state index contributed by atoms with van der Waals surface area (Å²) in [5.41, 5.74) is 0. The fourth-order valence-corrected chi connectivity index (χ4v) is 7.18. The van der Waals surface area contributed by atoms with E-state index >= 15 is 0 Å². The van der Waals surface area contributed by atoms with Gasteiger partial charge in [0.2, 0.25) is 5.91 Å². The topological polar surface area (TPSA) is 89.8 Å². The van der Waals surface area contributed by atoms with E-state index in [9.17, 15) is 20.1 Å². The van der Waals surface area contributed by atoms with E-state index in [1.165, 1.54) is 173 Å². The van der Waals surface area contributed by atoms with Crippen LogP contribution in [0.25, 0.3) is 0 Å². The van der Waals surface area contributed by atoms with E-state index in [0.29, 0.717) is 12.8 Å². The maximum absolute atomic E-state index is 12.4. The molecule has 0 fully saturated rings. The number of hydrogen-bond acceptors (Lipinski definition) is 4. The van der Waals surface area contributed by atoms with Gasteiger partial charge in [0.1, 0.15) is 6.10 Å². The highest BCUT2D eigenvalue weighted by Gasteiger charge is 2.26. The minimum Gasteiger partial charge on any atom is -0.394 e. The van der Waals surface area contributed by atoms with Gasteiger partial charge in [0.15, 0.2) is 0 Å². The normalized spacial score (nSPS) is 13.7. The Kier molecular flexibility index (Phi) is 41.6. The zero-order valence-corrected chi connectivity index (χ0v) is 35.0. The molecule has 5 nitrogen and oxygen atoms in total. The molecule has 0 aromatic heterocycles. The molecule has 0 rings (SSSR count). The fraction of sp³-hybridized carbons (Fsp3) is 0.894. The molecule has 0 heterocycles. The van der Waals surface area contributed by atoms with Gasteiger partial charge in [-0.15, -0.1) is 0 Å². The van der Waals surface area contributed by atoms with Crippen LogP contribution in [0.3, 0.4) is 0 Å². The van der Waals surface area contributed by atoms with Crippen molar-refractivity contribution < 1.29 is 20.1 Å². The molecule has 3 atom stereocenters. The van der Waals surface area contributed by atoms with Crippen molar-refractivity contribution in [3.63, 3.8) is 0 Å². The van der Waals surface area contributed by atoms with E-state index in [0.717, 1.165) is 44.9 Å². The molecule has 0 aliphatic heterocycles. The van der Waals surface area contributed by atoms with Gasteiger partial charge in [-0.05, 0) is 51.4 Å². The molecule has 0 aromatic carbocycles. The summed E-state index contributed by atoms with van der Waals surface area (Å²) in [4.78, 5) is 12.4. The SMILES string of the molecule is CCCCCCC/C=C/CC/C=C/CCCC(O)C(O)C(CO)NC(=O)CCCCCCCCCCCCCCCCCCCCCCCCCC. The smallest absolute Gasteiger partial charge is 0.220 e. The fourth-order valence-electron chi connectivity index (χ4n) is 7.18. The van der Waals surface area contributed by atoms with Crippen molar-refractivity contribution in [3.8, 4) is 0 Å². The molecule has 5 heteroatoms. The second-order valence-electron chi connectivity index (χ2n) is 16.0. The number of carbonyl (C=O) groups excluding carboxylic acids is 1. The number of aliphatic hydroxyl groups is 3. The lowest BCUT2D eigenvalue weighted by atomic mass is 10.0. The second-order valence-corrected chi connectivity index (χ2v) is 16.0. The maximum atomic E-state index is 12.4.